The standard InChI is InChI=1S/C17H12ClN3O3.C16H12Cl2N2O3/c1-2-24-17(23)14-16(22)13-11(18)9-21(10-6-4-3-5-7-10)15(13)12(8-19)20-14;1-2-23-16(22)12-14(21)11-10(17)8-20(13(11)15(18)19-12)9-6-4-3-5-7-9/h3-7,9,22H,2H2,1H3;3-8,21H,2H2,1H3. The van der Waals surface area contributed by atoms with E-state index in [1.807, 2.05) is 66.7 Å². The van der Waals surface area contributed by atoms with Crippen LogP contribution in [0.3, 0.4) is 0 Å². The van der Waals surface area contributed by atoms with Crippen LogP contribution in [0, 0.1) is 11.3 Å². The molecule has 0 aliphatic rings. The first-order valence-electron chi connectivity index (χ1n) is 14.0. The summed E-state index contributed by atoms with van der Waals surface area (Å²) in [6.07, 6.45) is 3.18. The van der Waals surface area contributed by atoms with Gasteiger partial charge in [0.2, 0.25) is 0 Å². The predicted molar refractivity (Wildman–Crippen MR) is 177 cm³/mol. The zero-order chi connectivity index (χ0) is 33.8. The third-order valence-corrected chi connectivity index (χ3v) is 7.64. The molecule has 0 aliphatic carbocycles. The second kappa shape index (κ2) is 14.0. The normalized spacial score (nSPS) is 10.7. The highest BCUT2D eigenvalue weighted by atomic mass is 35.5. The Labute approximate surface area is 282 Å². The zero-order valence-electron chi connectivity index (χ0n) is 24.7. The molecule has 0 bridgehead atoms. The van der Waals surface area contributed by atoms with Crippen LogP contribution in [-0.2, 0) is 9.47 Å². The Morgan fingerprint density at radius 3 is 1.62 bits per heavy atom. The number of carbonyl (C=O) groups is 2. The fourth-order valence-corrected chi connectivity index (χ4v) is 5.67. The van der Waals surface area contributed by atoms with Gasteiger partial charge in [0, 0.05) is 23.8 Å². The lowest BCUT2D eigenvalue weighted by atomic mass is 10.2. The summed E-state index contributed by atoms with van der Waals surface area (Å²) in [7, 11) is 0. The second-order valence-electron chi connectivity index (χ2n) is 9.62. The van der Waals surface area contributed by atoms with Crippen LogP contribution >= 0.6 is 34.8 Å². The summed E-state index contributed by atoms with van der Waals surface area (Å²) in [5, 5.41) is 31.2. The number of esters is 2. The summed E-state index contributed by atoms with van der Waals surface area (Å²) in [6, 6.07) is 20.5. The van der Waals surface area contributed by atoms with Crippen molar-refractivity contribution in [2.24, 2.45) is 0 Å². The van der Waals surface area contributed by atoms with Gasteiger partial charge in [0.1, 0.15) is 6.07 Å². The van der Waals surface area contributed by atoms with Crippen molar-refractivity contribution in [2.45, 2.75) is 13.8 Å². The number of aromatic hydroxyl groups is 2. The number of para-hydroxylation sites is 2. The highest BCUT2D eigenvalue weighted by molar-refractivity contribution is 6.40. The third-order valence-electron chi connectivity index (χ3n) is 6.81. The summed E-state index contributed by atoms with van der Waals surface area (Å²) in [6.45, 7) is 3.58. The van der Waals surface area contributed by atoms with E-state index in [-0.39, 0.29) is 62.0 Å². The molecule has 2 N–H and O–H groups in total. The summed E-state index contributed by atoms with van der Waals surface area (Å²) in [5.74, 6) is -2.31. The Morgan fingerprint density at radius 1 is 0.745 bits per heavy atom. The van der Waals surface area contributed by atoms with Gasteiger partial charge in [-0.25, -0.2) is 19.6 Å². The van der Waals surface area contributed by atoms with Crippen LogP contribution in [0.5, 0.6) is 11.5 Å². The number of pyridine rings is 2. The summed E-state index contributed by atoms with van der Waals surface area (Å²) in [5.41, 5.74) is 1.70. The van der Waals surface area contributed by atoms with Crippen molar-refractivity contribution in [3.05, 3.63) is 105 Å². The number of rotatable bonds is 6. The summed E-state index contributed by atoms with van der Waals surface area (Å²) in [4.78, 5) is 31.8. The van der Waals surface area contributed by atoms with E-state index in [9.17, 15) is 25.1 Å². The van der Waals surface area contributed by atoms with E-state index in [1.165, 1.54) is 0 Å². The molecular formula is C33H24Cl3N5O6. The minimum atomic E-state index is -0.808. The highest BCUT2D eigenvalue weighted by Gasteiger charge is 2.26. The zero-order valence-corrected chi connectivity index (χ0v) is 27.0. The summed E-state index contributed by atoms with van der Waals surface area (Å²) >= 11 is 18.7. The van der Waals surface area contributed by atoms with Crippen LogP contribution in [0.1, 0.15) is 40.5 Å². The van der Waals surface area contributed by atoms with Crippen molar-refractivity contribution in [1.29, 1.82) is 5.26 Å². The maximum absolute atomic E-state index is 12.0. The van der Waals surface area contributed by atoms with Crippen molar-refractivity contribution >= 4 is 68.5 Å². The number of aromatic nitrogens is 4. The molecule has 0 saturated heterocycles. The maximum Gasteiger partial charge on any atom is 0.360 e. The molecule has 14 heteroatoms. The monoisotopic (exact) mass is 691 g/mol. The number of hydrogen-bond donors (Lipinski definition) is 2. The molecule has 2 aromatic carbocycles. The van der Waals surface area contributed by atoms with Gasteiger partial charge in [-0.05, 0) is 38.1 Å². The molecule has 0 aliphatic heterocycles. The number of hydrogen-bond acceptors (Lipinski definition) is 9. The smallest absolute Gasteiger partial charge is 0.360 e. The van der Waals surface area contributed by atoms with E-state index in [0.717, 1.165) is 11.4 Å². The van der Waals surface area contributed by atoms with Gasteiger partial charge in [0.15, 0.2) is 33.7 Å². The average molecular weight is 693 g/mol. The number of benzene rings is 2. The first-order valence-corrected chi connectivity index (χ1v) is 15.1. The van der Waals surface area contributed by atoms with Crippen molar-refractivity contribution < 1.29 is 29.3 Å². The number of nitrogens with zero attached hydrogens (tertiary/aromatic N) is 5. The molecule has 0 saturated carbocycles. The average Bonchev–Trinajstić information content (AvgIpc) is 3.62. The molecule has 0 atom stereocenters. The van der Waals surface area contributed by atoms with Gasteiger partial charge in [0.05, 0.1) is 45.1 Å². The molecule has 0 unspecified atom stereocenters. The number of nitriles is 1. The van der Waals surface area contributed by atoms with Gasteiger partial charge in [-0.1, -0.05) is 71.2 Å². The quantitative estimate of drug-likeness (QED) is 0.132. The molecule has 6 rings (SSSR count). The van der Waals surface area contributed by atoms with Crippen LogP contribution in [0.15, 0.2) is 73.1 Å². The maximum atomic E-state index is 12.0. The fraction of sp³-hybridized carbons (Fsp3) is 0.121. The van der Waals surface area contributed by atoms with Crippen LogP contribution in [0.25, 0.3) is 33.2 Å². The minimum Gasteiger partial charge on any atom is -0.505 e. The van der Waals surface area contributed by atoms with Crippen LogP contribution in [0.2, 0.25) is 15.2 Å². The molecule has 0 fully saturated rings. The lowest BCUT2D eigenvalue weighted by Crippen LogP contribution is -2.09. The molecule has 47 heavy (non-hydrogen) atoms. The van der Waals surface area contributed by atoms with Gasteiger partial charge >= 0.3 is 11.9 Å². The number of fused-ring (bicyclic) bond motifs is 2. The van der Waals surface area contributed by atoms with E-state index >= 15 is 0 Å². The lowest BCUT2D eigenvalue weighted by Gasteiger charge is -2.09. The predicted octanol–water partition coefficient (Wildman–Crippen LogP) is 7.65. The first kappa shape index (κ1) is 33.1. The molecule has 0 spiro atoms. The van der Waals surface area contributed by atoms with Crippen LogP contribution in [0.4, 0.5) is 0 Å². The lowest BCUT2D eigenvalue weighted by molar-refractivity contribution is 0.0506. The molecular weight excluding hydrogens is 669 g/mol. The fourth-order valence-electron chi connectivity index (χ4n) is 4.84. The van der Waals surface area contributed by atoms with Crippen LogP contribution < -0.4 is 0 Å². The van der Waals surface area contributed by atoms with E-state index in [1.54, 1.807) is 35.4 Å². The Hall–Kier alpha value is -5.28. The van der Waals surface area contributed by atoms with E-state index in [0.29, 0.717) is 11.0 Å². The van der Waals surface area contributed by atoms with Gasteiger partial charge in [-0.15, -0.1) is 0 Å². The Morgan fingerprint density at radius 2 is 1.17 bits per heavy atom. The molecule has 4 heterocycles. The van der Waals surface area contributed by atoms with Crippen molar-refractivity contribution in [3.8, 4) is 28.9 Å². The Balaban J connectivity index is 0.000000185. The highest BCUT2D eigenvalue weighted by Crippen LogP contribution is 2.40. The molecule has 238 valence electrons. The van der Waals surface area contributed by atoms with Crippen LogP contribution in [-0.4, -0.2) is 54.5 Å². The molecule has 0 radical (unpaired) electrons. The van der Waals surface area contributed by atoms with Gasteiger partial charge in [-0.3, -0.25) is 0 Å². The number of ether oxygens (including phenoxy) is 2. The number of carbonyl (C=O) groups excluding carboxylic acids is 2. The second-order valence-corrected chi connectivity index (χ2v) is 10.8. The van der Waals surface area contributed by atoms with Gasteiger partial charge in [-0.2, -0.15) is 5.26 Å². The van der Waals surface area contributed by atoms with Crippen molar-refractivity contribution in [1.82, 2.24) is 19.1 Å². The Kier molecular flexibility index (Phi) is 9.86. The van der Waals surface area contributed by atoms with Crippen molar-refractivity contribution in [3.63, 3.8) is 0 Å². The molecule has 6 aromatic rings. The molecule has 0 amide bonds. The van der Waals surface area contributed by atoms with E-state index in [4.69, 9.17) is 44.3 Å². The van der Waals surface area contributed by atoms with Gasteiger partial charge in [0.25, 0.3) is 0 Å². The SMILES string of the molecule is CCOC(=O)c1nc(C#N)c2c(c(Cl)cn2-c2ccccc2)c1O.CCOC(=O)c1nc(Cl)c2c(c(Cl)cn2-c2ccccc2)c1O. The molecule has 11 nitrogen and oxygen atoms in total. The van der Waals surface area contributed by atoms with E-state index in [2.05, 4.69) is 9.97 Å². The topological polar surface area (TPSA) is 152 Å². The summed E-state index contributed by atoms with van der Waals surface area (Å²) < 4.78 is 13.1. The first-order chi connectivity index (χ1) is 22.6. The minimum absolute atomic E-state index is 0.0263. The number of halogens is 3. The Bertz CT molecular complexity index is 2180. The molecule has 4 aromatic heterocycles. The van der Waals surface area contributed by atoms with E-state index < -0.39 is 17.7 Å². The van der Waals surface area contributed by atoms with Crippen molar-refractivity contribution in [2.75, 3.05) is 13.2 Å². The van der Waals surface area contributed by atoms with Gasteiger partial charge < -0.3 is 28.8 Å². The third kappa shape index (κ3) is 6.26. The largest absolute Gasteiger partial charge is 0.505 e.